The van der Waals surface area contributed by atoms with E-state index in [0.717, 1.165) is 29.8 Å². The van der Waals surface area contributed by atoms with Crippen LogP contribution < -0.4 is 5.32 Å². The molecule has 0 spiro atoms. The van der Waals surface area contributed by atoms with Gasteiger partial charge in [-0.25, -0.2) is 4.98 Å². The number of nitrogens with one attached hydrogen (secondary N) is 2. The van der Waals surface area contributed by atoms with Crippen molar-refractivity contribution < 1.29 is 0 Å². The van der Waals surface area contributed by atoms with E-state index >= 15 is 0 Å². The van der Waals surface area contributed by atoms with Gasteiger partial charge in [0.15, 0.2) is 0 Å². The molecule has 1 aromatic heterocycles. The van der Waals surface area contributed by atoms with Crippen molar-refractivity contribution in [3.8, 4) is 0 Å². The number of aromatic nitrogens is 2. The molecule has 0 radical (unpaired) electrons. The first kappa shape index (κ1) is 11.1. The molecule has 2 N–H and O–H groups in total. The maximum Gasteiger partial charge on any atom is 0.109 e. The van der Waals surface area contributed by atoms with Gasteiger partial charge in [-0.05, 0) is 37.7 Å². The van der Waals surface area contributed by atoms with Crippen LogP contribution in [0.25, 0.3) is 11.0 Å². The Bertz CT molecular complexity index is 471. The van der Waals surface area contributed by atoms with Crippen LogP contribution in [0.2, 0.25) is 0 Å². The summed E-state index contributed by atoms with van der Waals surface area (Å²) in [5.41, 5.74) is 3.56. The monoisotopic (exact) mass is 217 g/mol. The number of rotatable bonds is 4. The van der Waals surface area contributed by atoms with Crippen LogP contribution in [0.15, 0.2) is 18.2 Å². The number of fused-ring (bicyclic) bond motifs is 1. The molecule has 0 aliphatic rings. The number of likely N-dealkylation sites (N-methyl/N-ethyl adjacent to an activating group) is 1. The SMILES string of the molecule is CNCCc1ccc2nc(C(C)C)[nH]c2c1. The average Bonchev–Trinajstić information content (AvgIpc) is 2.69. The third kappa shape index (κ3) is 2.25. The van der Waals surface area contributed by atoms with Gasteiger partial charge in [-0.2, -0.15) is 0 Å². The number of benzene rings is 1. The Labute approximate surface area is 96.3 Å². The quantitative estimate of drug-likeness (QED) is 0.826. The fourth-order valence-corrected chi connectivity index (χ4v) is 1.77. The second-order valence-corrected chi connectivity index (χ2v) is 4.48. The molecule has 3 nitrogen and oxygen atoms in total. The van der Waals surface area contributed by atoms with Crippen molar-refractivity contribution in [2.45, 2.75) is 26.2 Å². The minimum absolute atomic E-state index is 0.452. The maximum absolute atomic E-state index is 4.56. The lowest BCUT2D eigenvalue weighted by Crippen LogP contribution is -2.10. The number of hydrogen-bond acceptors (Lipinski definition) is 2. The normalized spacial score (nSPS) is 11.5. The summed E-state index contributed by atoms with van der Waals surface area (Å²) in [5, 5.41) is 3.16. The smallest absolute Gasteiger partial charge is 0.109 e. The molecule has 1 heterocycles. The number of aromatic amines is 1. The summed E-state index contributed by atoms with van der Waals surface area (Å²) in [6.07, 6.45) is 1.06. The predicted molar refractivity (Wildman–Crippen MR) is 67.8 cm³/mol. The van der Waals surface area contributed by atoms with Gasteiger partial charge in [-0.3, -0.25) is 0 Å². The fraction of sp³-hybridized carbons (Fsp3) is 0.462. The zero-order chi connectivity index (χ0) is 11.5. The fourth-order valence-electron chi connectivity index (χ4n) is 1.77. The molecular weight excluding hydrogens is 198 g/mol. The van der Waals surface area contributed by atoms with Crippen molar-refractivity contribution in [3.63, 3.8) is 0 Å². The van der Waals surface area contributed by atoms with Crippen LogP contribution in [0.3, 0.4) is 0 Å². The van der Waals surface area contributed by atoms with Gasteiger partial charge >= 0.3 is 0 Å². The molecule has 0 aliphatic carbocycles. The Morgan fingerprint density at radius 2 is 2.19 bits per heavy atom. The van der Waals surface area contributed by atoms with Gasteiger partial charge in [-0.1, -0.05) is 19.9 Å². The van der Waals surface area contributed by atoms with Crippen LogP contribution in [-0.2, 0) is 6.42 Å². The number of nitrogens with zero attached hydrogens (tertiary/aromatic N) is 1. The first-order chi connectivity index (χ1) is 7.70. The molecule has 2 rings (SSSR count). The molecule has 0 saturated carbocycles. The standard InChI is InChI=1S/C13H19N3/c1-9(2)13-15-11-5-4-10(6-7-14-3)8-12(11)16-13/h4-5,8-9,14H,6-7H2,1-3H3,(H,15,16). The van der Waals surface area contributed by atoms with Crippen molar-refractivity contribution in [2.75, 3.05) is 13.6 Å². The van der Waals surface area contributed by atoms with Crippen LogP contribution in [0.1, 0.15) is 31.2 Å². The Kier molecular flexibility index (Phi) is 3.25. The summed E-state index contributed by atoms with van der Waals surface area (Å²) >= 11 is 0. The molecule has 0 amide bonds. The molecule has 0 saturated heterocycles. The van der Waals surface area contributed by atoms with Gasteiger partial charge in [0.05, 0.1) is 11.0 Å². The van der Waals surface area contributed by atoms with Crippen LogP contribution >= 0.6 is 0 Å². The van der Waals surface area contributed by atoms with E-state index in [0.29, 0.717) is 5.92 Å². The Balaban J connectivity index is 2.30. The maximum atomic E-state index is 4.56. The highest BCUT2D eigenvalue weighted by molar-refractivity contribution is 5.76. The lowest BCUT2D eigenvalue weighted by Gasteiger charge is -1.99. The second kappa shape index (κ2) is 4.66. The Morgan fingerprint density at radius 1 is 1.38 bits per heavy atom. The molecule has 0 aliphatic heterocycles. The highest BCUT2D eigenvalue weighted by Crippen LogP contribution is 2.18. The summed E-state index contributed by atoms with van der Waals surface area (Å²) in [7, 11) is 1.98. The van der Waals surface area contributed by atoms with Crippen LogP contribution in [-0.4, -0.2) is 23.6 Å². The lowest BCUT2D eigenvalue weighted by molar-refractivity contribution is 0.792. The van der Waals surface area contributed by atoms with E-state index in [9.17, 15) is 0 Å². The Morgan fingerprint density at radius 3 is 2.88 bits per heavy atom. The summed E-state index contributed by atoms with van der Waals surface area (Å²) < 4.78 is 0. The molecule has 86 valence electrons. The molecule has 0 bridgehead atoms. The van der Waals surface area contributed by atoms with Gasteiger partial charge in [0.2, 0.25) is 0 Å². The number of H-pyrrole nitrogens is 1. The minimum Gasteiger partial charge on any atom is -0.342 e. The zero-order valence-corrected chi connectivity index (χ0v) is 10.2. The molecule has 2 aromatic rings. The first-order valence-electron chi connectivity index (χ1n) is 5.84. The van der Waals surface area contributed by atoms with Crippen LogP contribution in [0.5, 0.6) is 0 Å². The second-order valence-electron chi connectivity index (χ2n) is 4.48. The Hall–Kier alpha value is -1.35. The summed E-state index contributed by atoms with van der Waals surface area (Å²) in [5.74, 6) is 1.52. The molecule has 3 heteroatoms. The van der Waals surface area contributed by atoms with E-state index in [1.807, 2.05) is 7.05 Å². The van der Waals surface area contributed by atoms with Gasteiger partial charge in [0, 0.05) is 5.92 Å². The van der Waals surface area contributed by atoms with E-state index in [2.05, 4.69) is 47.3 Å². The van der Waals surface area contributed by atoms with E-state index in [-0.39, 0.29) is 0 Å². The third-order valence-corrected chi connectivity index (χ3v) is 2.78. The van der Waals surface area contributed by atoms with Gasteiger partial charge in [0.25, 0.3) is 0 Å². The molecule has 1 aromatic carbocycles. The summed E-state index contributed by atoms with van der Waals surface area (Å²) in [6, 6.07) is 6.46. The summed E-state index contributed by atoms with van der Waals surface area (Å²) in [4.78, 5) is 7.94. The molecular formula is C13H19N3. The molecule has 0 atom stereocenters. The zero-order valence-electron chi connectivity index (χ0n) is 10.2. The highest BCUT2D eigenvalue weighted by Gasteiger charge is 2.06. The van der Waals surface area contributed by atoms with Crippen LogP contribution in [0, 0.1) is 0 Å². The molecule has 0 unspecified atom stereocenters. The molecule has 16 heavy (non-hydrogen) atoms. The van der Waals surface area contributed by atoms with E-state index in [1.54, 1.807) is 0 Å². The highest BCUT2D eigenvalue weighted by atomic mass is 14.9. The van der Waals surface area contributed by atoms with Crippen molar-refractivity contribution in [1.29, 1.82) is 0 Å². The number of imidazole rings is 1. The lowest BCUT2D eigenvalue weighted by atomic mass is 10.1. The van der Waals surface area contributed by atoms with Gasteiger partial charge in [0.1, 0.15) is 5.82 Å². The van der Waals surface area contributed by atoms with Gasteiger partial charge in [-0.15, -0.1) is 0 Å². The van der Waals surface area contributed by atoms with Crippen LogP contribution in [0.4, 0.5) is 0 Å². The van der Waals surface area contributed by atoms with Gasteiger partial charge < -0.3 is 10.3 Å². The van der Waals surface area contributed by atoms with E-state index in [1.165, 1.54) is 5.56 Å². The van der Waals surface area contributed by atoms with Crippen molar-refractivity contribution in [2.24, 2.45) is 0 Å². The predicted octanol–water partition coefficient (Wildman–Crippen LogP) is 2.45. The average molecular weight is 217 g/mol. The van der Waals surface area contributed by atoms with Crippen molar-refractivity contribution >= 4 is 11.0 Å². The van der Waals surface area contributed by atoms with E-state index in [4.69, 9.17) is 0 Å². The minimum atomic E-state index is 0.452. The largest absolute Gasteiger partial charge is 0.342 e. The van der Waals surface area contributed by atoms with E-state index < -0.39 is 0 Å². The first-order valence-corrected chi connectivity index (χ1v) is 5.84. The molecule has 0 fully saturated rings. The van der Waals surface area contributed by atoms with Crippen molar-refractivity contribution in [1.82, 2.24) is 15.3 Å². The summed E-state index contributed by atoms with van der Waals surface area (Å²) in [6.45, 7) is 5.32. The number of hydrogen-bond donors (Lipinski definition) is 2. The topological polar surface area (TPSA) is 40.7 Å². The third-order valence-electron chi connectivity index (χ3n) is 2.78. The van der Waals surface area contributed by atoms with Crippen molar-refractivity contribution in [3.05, 3.63) is 29.6 Å².